The molecule has 3 nitrogen and oxygen atoms in total. The predicted octanol–water partition coefficient (Wildman–Crippen LogP) is 18.6. The lowest BCUT2D eigenvalue weighted by Crippen LogP contribution is -2.32. The zero-order valence-corrected chi connectivity index (χ0v) is 40.7. The monoisotopic (exact) mass is 955 g/mol. The summed E-state index contributed by atoms with van der Waals surface area (Å²) in [5, 5.41) is 2.37. The molecule has 0 saturated carbocycles. The number of hydrogen-bond donors (Lipinski definition) is 0. The summed E-state index contributed by atoms with van der Waals surface area (Å²) in [4.78, 5) is 2.51. The molecule has 2 aliphatic heterocycles. The van der Waals surface area contributed by atoms with E-state index in [4.69, 9.17) is 9.47 Å². The fourth-order valence-corrected chi connectivity index (χ4v) is 13.6. The Morgan fingerprint density at radius 1 is 0.267 bits per heavy atom. The average molecular weight is 956 g/mol. The fourth-order valence-electron chi connectivity index (χ4n) is 13.6. The van der Waals surface area contributed by atoms with Crippen molar-refractivity contribution in [2.45, 2.75) is 10.8 Å². The van der Waals surface area contributed by atoms with E-state index in [2.05, 4.69) is 278 Å². The number of para-hydroxylation sites is 5. The fraction of sp³-hybridized carbons (Fsp3) is 0.0278. The van der Waals surface area contributed by atoms with Crippen molar-refractivity contribution in [3.63, 3.8) is 0 Å². The smallest absolute Gasteiger partial charge is 0.132 e. The molecule has 3 heteroatoms. The van der Waals surface area contributed by atoms with E-state index in [0.29, 0.717) is 0 Å². The molecule has 2 heterocycles. The molecule has 0 bridgehead atoms. The number of benzene rings is 12. The van der Waals surface area contributed by atoms with E-state index in [-0.39, 0.29) is 0 Å². The maximum absolute atomic E-state index is 6.81. The van der Waals surface area contributed by atoms with Gasteiger partial charge in [-0.15, -0.1) is 0 Å². The number of nitrogens with zero attached hydrogens (tertiary/aromatic N) is 1. The highest BCUT2D eigenvalue weighted by molar-refractivity contribution is 6.04. The van der Waals surface area contributed by atoms with E-state index in [9.17, 15) is 0 Å². The number of ether oxygens (including phenoxy) is 2. The molecule has 16 rings (SSSR count). The first-order valence-corrected chi connectivity index (χ1v) is 25.9. The summed E-state index contributed by atoms with van der Waals surface area (Å²) in [5.74, 6) is 3.51. The number of rotatable bonds is 5. The van der Waals surface area contributed by atoms with Gasteiger partial charge in [-0.2, -0.15) is 0 Å². The quantitative estimate of drug-likeness (QED) is 0.172. The molecule has 0 unspecified atom stereocenters. The van der Waals surface area contributed by atoms with E-state index in [1.54, 1.807) is 0 Å². The molecule has 4 aliphatic rings. The Hall–Kier alpha value is -9.70. The summed E-state index contributed by atoms with van der Waals surface area (Å²) in [6.45, 7) is 0. The molecule has 350 valence electrons. The van der Waals surface area contributed by atoms with Gasteiger partial charge in [-0.1, -0.05) is 218 Å². The summed E-state index contributed by atoms with van der Waals surface area (Å²) in [5.41, 5.74) is 21.1. The van der Waals surface area contributed by atoms with Crippen LogP contribution in [-0.2, 0) is 10.8 Å². The molecule has 0 N–H and O–H groups in total. The van der Waals surface area contributed by atoms with Crippen LogP contribution in [0.5, 0.6) is 23.0 Å². The first kappa shape index (κ1) is 41.9. The SMILES string of the molecule is c1ccc(-c2ccc(-c3ccccc3N(c3ccc4c(c3)C3(c5ccccc5Oc5ccccc53)c3ccccc3-4)c3ccc4ccc5c(c4c3)C3(c4ccccc4Oc4ccccc43)c3ccccc3-5)cc2)cc1. The lowest BCUT2D eigenvalue weighted by Gasteiger charge is -2.40. The van der Waals surface area contributed by atoms with Crippen LogP contribution in [0.15, 0.2) is 273 Å². The van der Waals surface area contributed by atoms with Crippen molar-refractivity contribution in [1.82, 2.24) is 0 Å². The van der Waals surface area contributed by atoms with Gasteiger partial charge in [0.15, 0.2) is 0 Å². The molecule has 0 fully saturated rings. The van der Waals surface area contributed by atoms with Gasteiger partial charge in [-0.25, -0.2) is 0 Å². The summed E-state index contributed by atoms with van der Waals surface area (Å²) in [6, 6.07) is 100. The third kappa shape index (κ3) is 5.75. The number of hydrogen-bond acceptors (Lipinski definition) is 3. The Bertz CT molecular complexity index is 4230. The predicted molar refractivity (Wildman–Crippen MR) is 304 cm³/mol. The second-order valence-electron chi connectivity index (χ2n) is 20.2. The number of fused-ring (bicyclic) bond motifs is 20. The topological polar surface area (TPSA) is 21.7 Å². The third-order valence-corrected chi connectivity index (χ3v) is 16.6. The third-order valence-electron chi connectivity index (χ3n) is 16.6. The normalized spacial score (nSPS) is 14.0. The summed E-state index contributed by atoms with van der Waals surface area (Å²) in [7, 11) is 0. The van der Waals surface area contributed by atoms with E-state index >= 15 is 0 Å². The van der Waals surface area contributed by atoms with Crippen molar-refractivity contribution >= 4 is 27.8 Å². The second-order valence-corrected chi connectivity index (χ2v) is 20.2. The molecule has 75 heavy (non-hydrogen) atoms. The Morgan fingerprint density at radius 2 is 0.680 bits per heavy atom. The first-order valence-electron chi connectivity index (χ1n) is 25.9. The van der Waals surface area contributed by atoms with Crippen molar-refractivity contribution in [2.75, 3.05) is 4.90 Å². The largest absolute Gasteiger partial charge is 0.457 e. The summed E-state index contributed by atoms with van der Waals surface area (Å²) < 4.78 is 13.6. The molecule has 2 spiro atoms. The minimum Gasteiger partial charge on any atom is -0.457 e. The van der Waals surface area contributed by atoms with Crippen molar-refractivity contribution in [3.8, 4) is 67.5 Å². The standard InChI is InChI=1S/C72H45NO2/c1-2-18-46(19-3-1)47-34-36-48(37-35-47)52-20-6-13-29-65(52)73(51-41-43-55-53-21-4-7-23-58(53)71(64(55)45-51)60-25-9-14-30-66(60)74-67-31-15-10-26-61(67)71)50-40-38-49-39-42-56-54-22-5-8-24-59(54)72(70(56)57(49)44-50)62-27-11-16-32-68(62)75-69-33-17-12-28-63(69)72/h1-45H. The average Bonchev–Trinajstić information content (AvgIpc) is 4.19. The van der Waals surface area contributed by atoms with Crippen LogP contribution in [0, 0.1) is 0 Å². The van der Waals surface area contributed by atoms with Crippen LogP contribution in [0.3, 0.4) is 0 Å². The molecule has 0 aromatic heterocycles. The highest BCUT2D eigenvalue weighted by Gasteiger charge is 2.53. The molecule has 0 atom stereocenters. The molecular weight excluding hydrogens is 911 g/mol. The van der Waals surface area contributed by atoms with Crippen LogP contribution in [0.2, 0.25) is 0 Å². The van der Waals surface area contributed by atoms with Gasteiger partial charge >= 0.3 is 0 Å². The summed E-state index contributed by atoms with van der Waals surface area (Å²) >= 11 is 0. The van der Waals surface area contributed by atoms with Crippen molar-refractivity contribution < 1.29 is 9.47 Å². The molecule has 0 radical (unpaired) electrons. The lowest BCUT2D eigenvalue weighted by molar-refractivity contribution is 0.436. The van der Waals surface area contributed by atoms with Gasteiger partial charge in [0.1, 0.15) is 23.0 Å². The minimum atomic E-state index is -0.645. The van der Waals surface area contributed by atoms with E-state index in [1.807, 2.05) is 0 Å². The maximum atomic E-state index is 6.81. The van der Waals surface area contributed by atoms with Crippen molar-refractivity contribution in [2.24, 2.45) is 0 Å². The van der Waals surface area contributed by atoms with Crippen molar-refractivity contribution in [3.05, 3.63) is 317 Å². The summed E-state index contributed by atoms with van der Waals surface area (Å²) in [6.07, 6.45) is 0. The molecule has 0 amide bonds. The maximum Gasteiger partial charge on any atom is 0.132 e. The van der Waals surface area contributed by atoms with Crippen LogP contribution in [0.25, 0.3) is 55.3 Å². The van der Waals surface area contributed by atoms with Crippen LogP contribution in [0.4, 0.5) is 17.1 Å². The van der Waals surface area contributed by atoms with Crippen LogP contribution in [-0.4, -0.2) is 0 Å². The van der Waals surface area contributed by atoms with Gasteiger partial charge in [-0.3, -0.25) is 0 Å². The number of anilines is 3. The minimum absolute atomic E-state index is 0.641. The van der Waals surface area contributed by atoms with Gasteiger partial charge in [0, 0.05) is 39.2 Å². The first-order chi connectivity index (χ1) is 37.2. The lowest BCUT2D eigenvalue weighted by atomic mass is 9.65. The highest BCUT2D eigenvalue weighted by atomic mass is 16.5. The van der Waals surface area contributed by atoms with Crippen molar-refractivity contribution in [1.29, 1.82) is 0 Å². The molecular formula is C72H45NO2. The van der Waals surface area contributed by atoms with Gasteiger partial charge in [-0.05, 0) is 127 Å². The van der Waals surface area contributed by atoms with E-state index in [1.165, 1.54) is 66.4 Å². The van der Waals surface area contributed by atoms with E-state index < -0.39 is 10.8 Å². The zero-order chi connectivity index (χ0) is 49.2. The Morgan fingerprint density at radius 3 is 1.31 bits per heavy atom. The van der Waals surface area contributed by atoms with Gasteiger partial charge in [0.2, 0.25) is 0 Å². The molecule has 0 saturated heterocycles. The van der Waals surface area contributed by atoms with Crippen LogP contribution < -0.4 is 14.4 Å². The molecule has 2 aliphatic carbocycles. The van der Waals surface area contributed by atoms with Gasteiger partial charge in [0.05, 0.1) is 16.5 Å². The Kier molecular flexibility index (Phi) is 8.88. The van der Waals surface area contributed by atoms with Gasteiger partial charge in [0.25, 0.3) is 0 Å². The van der Waals surface area contributed by atoms with Crippen LogP contribution in [0.1, 0.15) is 44.5 Å². The van der Waals surface area contributed by atoms with Gasteiger partial charge < -0.3 is 14.4 Å². The van der Waals surface area contributed by atoms with Crippen LogP contribution >= 0.6 is 0 Å². The second kappa shape index (κ2) is 15.9. The van der Waals surface area contributed by atoms with E-state index in [0.717, 1.165) is 73.4 Å². The zero-order valence-electron chi connectivity index (χ0n) is 40.7. The molecule has 12 aromatic rings. The Labute approximate surface area is 435 Å². The highest BCUT2D eigenvalue weighted by Crippen LogP contribution is 2.65. The Balaban J connectivity index is 0.982. The molecule has 12 aromatic carbocycles.